The van der Waals surface area contributed by atoms with Crippen molar-refractivity contribution >= 4 is 45.7 Å². The van der Waals surface area contributed by atoms with Gasteiger partial charge in [0.05, 0.1) is 4.92 Å². The molecule has 34 heavy (non-hydrogen) atoms. The lowest BCUT2D eigenvalue weighted by Gasteiger charge is -2.13. The van der Waals surface area contributed by atoms with Gasteiger partial charge in [-0.15, -0.1) is 0 Å². The van der Waals surface area contributed by atoms with Gasteiger partial charge in [0.15, 0.2) is 10.7 Å². The van der Waals surface area contributed by atoms with E-state index in [1.807, 2.05) is 43.3 Å². The number of aromatic nitrogens is 1. The molecule has 172 valence electrons. The number of benzene rings is 3. The number of nitro groups is 1. The van der Waals surface area contributed by atoms with Crippen molar-refractivity contribution in [2.75, 3.05) is 5.32 Å². The third-order valence-electron chi connectivity index (χ3n) is 5.49. The number of nitrogens with one attached hydrogen (secondary N) is 2. The number of hydrogen-bond donors (Lipinski definition) is 2. The van der Waals surface area contributed by atoms with E-state index >= 15 is 0 Å². The van der Waals surface area contributed by atoms with Crippen molar-refractivity contribution in [1.82, 2.24) is 10.3 Å². The number of thiocarbonyl (C=S) groups is 1. The third kappa shape index (κ3) is 4.79. The Morgan fingerprint density at radius 2 is 1.85 bits per heavy atom. The third-order valence-corrected chi connectivity index (χ3v) is 5.69. The fraction of sp³-hybridized carbons (Fsp3) is 0.160. The number of carbonyl (C=O) groups excluding carboxylic acids is 1. The Bertz CT molecular complexity index is 1440. The largest absolute Gasteiger partial charge is 0.436 e. The second-order valence-electron chi connectivity index (χ2n) is 7.87. The van der Waals surface area contributed by atoms with Crippen molar-refractivity contribution in [3.8, 4) is 11.5 Å². The Hall–Kier alpha value is -4.11. The van der Waals surface area contributed by atoms with Crippen LogP contribution in [0.3, 0.4) is 0 Å². The van der Waals surface area contributed by atoms with Crippen molar-refractivity contribution in [3.63, 3.8) is 0 Å². The quantitative estimate of drug-likeness (QED) is 0.217. The monoisotopic (exact) mass is 474 g/mol. The summed E-state index contributed by atoms with van der Waals surface area (Å²) in [7, 11) is 0. The summed E-state index contributed by atoms with van der Waals surface area (Å²) in [5.41, 5.74) is 5.50. The molecule has 0 saturated heterocycles. The Kier molecular flexibility index (Phi) is 6.38. The van der Waals surface area contributed by atoms with Gasteiger partial charge in [-0.25, -0.2) is 4.98 Å². The van der Waals surface area contributed by atoms with Gasteiger partial charge in [-0.1, -0.05) is 25.1 Å². The van der Waals surface area contributed by atoms with Crippen molar-refractivity contribution in [2.24, 2.45) is 0 Å². The summed E-state index contributed by atoms with van der Waals surface area (Å²) >= 11 is 5.31. The summed E-state index contributed by atoms with van der Waals surface area (Å²) in [6.45, 7) is 5.60. The summed E-state index contributed by atoms with van der Waals surface area (Å²) < 4.78 is 5.92. The van der Waals surface area contributed by atoms with Crippen LogP contribution in [0.2, 0.25) is 0 Å². The van der Waals surface area contributed by atoms with E-state index in [0.717, 1.165) is 23.1 Å². The number of anilines is 1. The minimum absolute atomic E-state index is 0.0682. The number of oxazole rings is 1. The number of aryl methyl sites for hydroxylation is 3. The highest BCUT2D eigenvalue weighted by molar-refractivity contribution is 7.80. The molecule has 0 bridgehead atoms. The molecule has 1 aromatic heterocycles. The van der Waals surface area contributed by atoms with Crippen molar-refractivity contribution in [1.29, 1.82) is 0 Å². The molecule has 3 aromatic carbocycles. The van der Waals surface area contributed by atoms with E-state index in [2.05, 4.69) is 22.5 Å². The molecule has 0 radical (unpaired) electrons. The van der Waals surface area contributed by atoms with Gasteiger partial charge in [-0.3, -0.25) is 20.2 Å². The number of fused-ring (bicyclic) bond motifs is 1. The van der Waals surface area contributed by atoms with Gasteiger partial charge >= 0.3 is 0 Å². The maximum Gasteiger partial charge on any atom is 0.273 e. The predicted molar refractivity (Wildman–Crippen MR) is 135 cm³/mol. The molecular weight excluding hydrogens is 452 g/mol. The van der Waals surface area contributed by atoms with Crippen molar-refractivity contribution in [2.45, 2.75) is 27.2 Å². The van der Waals surface area contributed by atoms with Gasteiger partial charge in [0.2, 0.25) is 5.89 Å². The van der Waals surface area contributed by atoms with Crippen LogP contribution >= 0.6 is 12.2 Å². The van der Waals surface area contributed by atoms with E-state index in [0.29, 0.717) is 22.7 Å². The zero-order valence-electron chi connectivity index (χ0n) is 18.8. The number of nitro benzene ring substituents is 1. The molecule has 2 N–H and O–H groups in total. The van der Waals surface area contributed by atoms with Crippen LogP contribution in [-0.4, -0.2) is 20.9 Å². The molecule has 0 saturated carbocycles. The van der Waals surface area contributed by atoms with E-state index in [1.54, 1.807) is 6.92 Å². The van der Waals surface area contributed by atoms with E-state index in [1.165, 1.54) is 23.8 Å². The van der Waals surface area contributed by atoms with Crippen LogP contribution in [-0.2, 0) is 6.42 Å². The van der Waals surface area contributed by atoms with Crippen LogP contribution in [0.25, 0.3) is 22.6 Å². The summed E-state index contributed by atoms with van der Waals surface area (Å²) in [4.78, 5) is 27.8. The van der Waals surface area contributed by atoms with Gasteiger partial charge in [0.25, 0.3) is 11.6 Å². The number of carbonyl (C=O) groups is 1. The number of amides is 1. The maximum atomic E-state index is 12.6. The summed E-state index contributed by atoms with van der Waals surface area (Å²) in [5.74, 6) is -0.0618. The van der Waals surface area contributed by atoms with Gasteiger partial charge in [-0.2, -0.15) is 0 Å². The van der Waals surface area contributed by atoms with Crippen LogP contribution in [0.5, 0.6) is 0 Å². The highest BCUT2D eigenvalue weighted by Crippen LogP contribution is 2.28. The lowest BCUT2D eigenvalue weighted by molar-refractivity contribution is -0.385. The second-order valence-corrected chi connectivity index (χ2v) is 8.28. The normalized spacial score (nSPS) is 10.8. The number of rotatable bonds is 5. The van der Waals surface area contributed by atoms with Crippen LogP contribution in [0.4, 0.5) is 11.4 Å². The minimum Gasteiger partial charge on any atom is -0.436 e. The molecule has 0 fully saturated rings. The van der Waals surface area contributed by atoms with Gasteiger partial charge in [-0.05, 0) is 73.9 Å². The molecule has 0 unspecified atom stereocenters. The molecule has 9 heteroatoms. The van der Waals surface area contributed by atoms with Crippen molar-refractivity contribution < 1.29 is 14.1 Å². The average molecular weight is 475 g/mol. The van der Waals surface area contributed by atoms with E-state index < -0.39 is 10.8 Å². The molecule has 0 atom stereocenters. The standard InChI is InChI=1S/C25H22N4O4S/c1-4-16-7-10-22-20(11-16)26-24(33-22)18-9-5-14(2)19(12-18)27-25(34)28-23(30)17-8-6-15(3)21(13-17)29(31)32/h5-13H,4H2,1-3H3,(H2,27,28,30,34). The molecule has 4 aromatic rings. The Balaban J connectivity index is 1.52. The summed E-state index contributed by atoms with van der Waals surface area (Å²) in [6, 6.07) is 15.9. The van der Waals surface area contributed by atoms with E-state index in [4.69, 9.17) is 16.6 Å². The highest BCUT2D eigenvalue weighted by Gasteiger charge is 2.16. The Labute approximate surface area is 201 Å². The van der Waals surface area contributed by atoms with Crippen LogP contribution in [0, 0.1) is 24.0 Å². The summed E-state index contributed by atoms with van der Waals surface area (Å²) in [5, 5.41) is 16.8. The van der Waals surface area contributed by atoms with E-state index in [-0.39, 0.29) is 16.4 Å². The van der Waals surface area contributed by atoms with Gasteiger partial charge in [0, 0.05) is 28.4 Å². The molecular formula is C25H22N4O4S. The molecule has 4 rings (SSSR count). The Morgan fingerprint density at radius 3 is 2.59 bits per heavy atom. The number of nitrogens with zero attached hydrogens (tertiary/aromatic N) is 2. The highest BCUT2D eigenvalue weighted by atomic mass is 32.1. The van der Waals surface area contributed by atoms with Crippen molar-refractivity contribution in [3.05, 3.63) is 87.0 Å². The fourth-order valence-corrected chi connectivity index (χ4v) is 3.68. The lowest BCUT2D eigenvalue weighted by Crippen LogP contribution is -2.34. The van der Waals surface area contributed by atoms with Crippen LogP contribution in [0.15, 0.2) is 59.0 Å². The minimum atomic E-state index is -0.542. The maximum absolute atomic E-state index is 12.6. The average Bonchev–Trinajstić information content (AvgIpc) is 3.23. The molecule has 1 heterocycles. The first kappa shape index (κ1) is 23.1. The SMILES string of the molecule is CCc1ccc2oc(-c3ccc(C)c(NC(=S)NC(=O)c4ccc(C)c([N+](=O)[O-])c4)c3)nc2c1. The van der Waals surface area contributed by atoms with Crippen LogP contribution < -0.4 is 10.6 Å². The molecule has 1 amide bonds. The zero-order chi connectivity index (χ0) is 24.4. The van der Waals surface area contributed by atoms with E-state index in [9.17, 15) is 14.9 Å². The molecule has 0 aliphatic heterocycles. The molecule has 0 aliphatic rings. The number of hydrogen-bond acceptors (Lipinski definition) is 6. The molecule has 8 nitrogen and oxygen atoms in total. The zero-order valence-corrected chi connectivity index (χ0v) is 19.7. The van der Waals surface area contributed by atoms with Gasteiger partial charge in [0.1, 0.15) is 5.52 Å². The first-order valence-corrected chi connectivity index (χ1v) is 11.0. The fourth-order valence-electron chi connectivity index (χ4n) is 3.48. The van der Waals surface area contributed by atoms with Crippen LogP contribution in [0.1, 0.15) is 34.0 Å². The summed E-state index contributed by atoms with van der Waals surface area (Å²) in [6.07, 6.45) is 0.913. The first-order chi connectivity index (χ1) is 16.2. The van der Waals surface area contributed by atoms with Gasteiger partial charge < -0.3 is 9.73 Å². The predicted octanol–water partition coefficient (Wildman–Crippen LogP) is 5.71. The molecule has 0 aliphatic carbocycles. The first-order valence-electron chi connectivity index (χ1n) is 10.6. The smallest absolute Gasteiger partial charge is 0.273 e. The second kappa shape index (κ2) is 9.40. The Morgan fingerprint density at radius 1 is 1.09 bits per heavy atom. The molecule has 0 spiro atoms. The topological polar surface area (TPSA) is 110 Å². The lowest BCUT2D eigenvalue weighted by atomic mass is 10.1.